The van der Waals surface area contributed by atoms with Gasteiger partial charge in [-0.25, -0.2) is 0 Å². The van der Waals surface area contributed by atoms with Crippen LogP contribution in [0, 0.1) is 12.8 Å². The van der Waals surface area contributed by atoms with E-state index in [0.29, 0.717) is 19.2 Å². The Bertz CT molecular complexity index is 377. The van der Waals surface area contributed by atoms with Crippen molar-refractivity contribution in [3.8, 4) is 5.75 Å². The zero-order valence-corrected chi connectivity index (χ0v) is 11.9. The summed E-state index contributed by atoms with van der Waals surface area (Å²) in [7, 11) is 0. The van der Waals surface area contributed by atoms with Crippen molar-refractivity contribution < 1.29 is 9.84 Å². The zero-order valence-electron chi connectivity index (χ0n) is 11.9. The summed E-state index contributed by atoms with van der Waals surface area (Å²) in [5, 5.41) is 13.3. The molecule has 1 fully saturated rings. The van der Waals surface area contributed by atoms with Gasteiger partial charge in [0, 0.05) is 12.6 Å². The third-order valence-electron chi connectivity index (χ3n) is 3.66. The lowest BCUT2D eigenvalue weighted by molar-refractivity contribution is 0.106. The van der Waals surface area contributed by atoms with Crippen molar-refractivity contribution in [3.05, 3.63) is 29.8 Å². The van der Waals surface area contributed by atoms with E-state index in [2.05, 4.69) is 12.2 Å². The summed E-state index contributed by atoms with van der Waals surface area (Å²) in [6, 6.07) is 8.52. The van der Waals surface area contributed by atoms with Crippen LogP contribution in [0.1, 0.15) is 31.7 Å². The van der Waals surface area contributed by atoms with Crippen molar-refractivity contribution in [2.75, 3.05) is 13.2 Å². The molecule has 0 radical (unpaired) electrons. The Morgan fingerprint density at radius 2 is 2.11 bits per heavy atom. The van der Waals surface area contributed by atoms with Gasteiger partial charge in [-0.2, -0.15) is 0 Å². The first-order chi connectivity index (χ1) is 9.19. The van der Waals surface area contributed by atoms with Gasteiger partial charge >= 0.3 is 0 Å². The summed E-state index contributed by atoms with van der Waals surface area (Å²) >= 11 is 0. The summed E-state index contributed by atoms with van der Waals surface area (Å²) in [6.07, 6.45) is 3.37. The van der Waals surface area contributed by atoms with Crippen LogP contribution in [0.2, 0.25) is 0 Å². The van der Waals surface area contributed by atoms with Crippen LogP contribution in [0.5, 0.6) is 5.75 Å². The van der Waals surface area contributed by atoms with E-state index >= 15 is 0 Å². The van der Waals surface area contributed by atoms with Crippen molar-refractivity contribution in [1.29, 1.82) is 0 Å². The molecule has 1 aliphatic carbocycles. The van der Waals surface area contributed by atoms with Crippen molar-refractivity contribution in [3.63, 3.8) is 0 Å². The molecule has 3 heteroatoms. The normalized spacial score (nSPS) is 23.1. The molecule has 3 atom stereocenters. The quantitative estimate of drug-likeness (QED) is 0.757. The van der Waals surface area contributed by atoms with Crippen LogP contribution in [0.15, 0.2) is 24.3 Å². The third-order valence-corrected chi connectivity index (χ3v) is 3.66. The molecule has 19 heavy (non-hydrogen) atoms. The maximum absolute atomic E-state index is 9.87. The maximum Gasteiger partial charge on any atom is 0.119 e. The molecule has 3 unspecified atom stereocenters. The largest absolute Gasteiger partial charge is 0.491 e. The lowest BCUT2D eigenvalue weighted by Gasteiger charge is -2.13. The number of benzene rings is 1. The van der Waals surface area contributed by atoms with Crippen LogP contribution in [0.25, 0.3) is 0 Å². The Morgan fingerprint density at radius 3 is 2.79 bits per heavy atom. The maximum atomic E-state index is 9.87. The Balaban J connectivity index is 1.60. The summed E-state index contributed by atoms with van der Waals surface area (Å²) in [5.74, 6) is 1.65. The smallest absolute Gasteiger partial charge is 0.119 e. The third kappa shape index (κ3) is 4.84. The highest BCUT2D eigenvalue weighted by Gasteiger charge is 2.35. The van der Waals surface area contributed by atoms with Crippen molar-refractivity contribution in [1.82, 2.24) is 5.32 Å². The van der Waals surface area contributed by atoms with Gasteiger partial charge < -0.3 is 15.2 Å². The number of aliphatic hydroxyl groups is 1. The van der Waals surface area contributed by atoms with E-state index in [4.69, 9.17) is 4.74 Å². The number of hydrogen-bond donors (Lipinski definition) is 2. The lowest BCUT2D eigenvalue weighted by atomic mass is 10.2. The predicted octanol–water partition coefficient (Wildman–Crippen LogP) is 2.51. The number of nitrogens with one attached hydrogen (secondary N) is 1. The first-order valence-corrected chi connectivity index (χ1v) is 7.30. The molecule has 0 heterocycles. The Morgan fingerprint density at radius 1 is 1.37 bits per heavy atom. The molecule has 106 valence electrons. The minimum absolute atomic E-state index is 0.348. The SMILES string of the molecule is CCCC1CC1NCC(O)COc1ccc(C)cc1. The van der Waals surface area contributed by atoms with Crippen LogP contribution < -0.4 is 10.1 Å². The van der Waals surface area contributed by atoms with E-state index in [-0.39, 0.29) is 0 Å². The number of ether oxygens (including phenoxy) is 1. The Hall–Kier alpha value is -1.06. The molecular formula is C16H25NO2. The van der Waals surface area contributed by atoms with Gasteiger partial charge in [0.15, 0.2) is 0 Å². The summed E-state index contributed by atoms with van der Waals surface area (Å²) in [5.41, 5.74) is 1.21. The van der Waals surface area contributed by atoms with Crippen LogP contribution in [0.3, 0.4) is 0 Å². The van der Waals surface area contributed by atoms with E-state index in [0.717, 1.165) is 11.7 Å². The van der Waals surface area contributed by atoms with Crippen molar-refractivity contribution in [2.24, 2.45) is 5.92 Å². The number of aryl methyl sites for hydroxylation is 1. The highest BCUT2D eigenvalue weighted by Crippen LogP contribution is 2.34. The van der Waals surface area contributed by atoms with E-state index in [1.165, 1.54) is 24.8 Å². The average molecular weight is 263 g/mol. The van der Waals surface area contributed by atoms with Gasteiger partial charge in [0.2, 0.25) is 0 Å². The van der Waals surface area contributed by atoms with E-state index in [9.17, 15) is 5.11 Å². The number of rotatable bonds is 8. The molecule has 2 rings (SSSR count). The van der Waals surface area contributed by atoms with Crippen LogP contribution in [-0.2, 0) is 0 Å². The molecule has 1 aromatic rings. The van der Waals surface area contributed by atoms with Crippen molar-refractivity contribution in [2.45, 2.75) is 45.3 Å². The molecule has 1 aliphatic rings. The van der Waals surface area contributed by atoms with Gasteiger partial charge in [0.1, 0.15) is 18.5 Å². The average Bonchev–Trinajstić information content (AvgIpc) is 3.15. The first kappa shape index (κ1) is 14.4. The zero-order chi connectivity index (χ0) is 13.7. The van der Waals surface area contributed by atoms with E-state index < -0.39 is 6.10 Å². The molecule has 3 nitrogen and oxygen atoms in total. The molecule has 0 amide bonds. The van der Waals surface area contributed by atoms with Gasteiger partial charge in [0.05, 0.1) is 0 Å². The van der Waals surface area contributed by atoms with E-state index in [1.54, 1.807) is 0 Å². The second-order valence-corrected chi connectivity index (χ2v) is 5.58. The standard InChI is InChI=1S/C16H25NO2/c1-3-4-13-9-16(13)17-10-14(18)11-19-15-7-5-12(2)6-8-15/h5-8,13-14,16-18H,3-4,9-11H2,1-2H3. The fraction of sp³-hybridized carbons (Fsp3) is 0.625. The molecular weight excluding hydrogens is 238 g/mol. The Kier molecular flexibility index (Phi) is 5.23. The van der Waals surface area contributed by atoms with Gasteiger partial charge in [-0.3, -0.25) is 0 Å². The predicted molar refractivity (Wildman–Crippen MR) is 77.5 cm³/mol. The lowest BCUT2D eigenvalue weighted by Crippen LogP contribution is -2.33. The molecule has 1 saturated carbocycles. The summed E-state index contributed by atoms with van der Waals surface area (Å²) in [4.78, 5) is 0. The number of aliphatic hydroxyl groups excluding tert-OH is 1. The summed E-state index contributed by atoms with van der Waals surface area (Å²) < 4.78 is 5.56. The Labute approximate surface area is 116 Å². The van der Waals surface area contributed by atoms with E-state index in [1.807, 2.05) is 31.2 Å². The molecule has 0 aliphatic heterocycles. The monoisotopic (exact) mass is 263 g/mol. The molecule has 0 spiro atoms. The van der Waals surface area contributed by atoms with Crippen LogP contribution in [-0.4, -0.2) is 30.4 Å². The molecule has 0 aromatic heterocycles. The summed E-state index contributed by atoms with van der Waals surface area (Å²) in [6.45, 7) is 5.24. The molecule has 2 N–H and O–H groups in total. The van der Waals surface area contributed by atoms with Crippen LogP contribution in [0.4, 0.5) is 0 Å². The van der Waals surface area contributed by atoms with Crippen LogP contribution >= 0.6 is 0 Å². The second-order valence-electron chi connectivity index (χ2n) is 5.58. The minimum atomic E-state index is -0.441. The van der Waals surface area contributed by atoms with Gasteiger partial charge in [0.25, 0.3) is 0 Å². The van der Waals surface area contributed by atoms with Gasteiger partial charge in [-0.15, -0.1) is 0 Å². The fourth-order valence-corrected chi connectivity index (χ4v) is 2.36. The first-order valence-electron chi connectivity index (χ1n) is 7.30. The molecule has 0 bridgehead atoms. The minimum Gasteiger partial charge on any atom is -0.491 e. The highest BCUT2D eigenvalue weighted by atomic mass is 16.5. The fourth-order valence-electron chi connectivity index (χ4n) is 2.36. The topological polar surface area (TPSA) is 41.5 Å². The van der Waals surface area contributed by atoms with Gasteiger partial charge in [-0.05, 0) is 37.8 Å². The molecule has 0 saturated heterocycles. The highest BCUT2D eigenvalue weighted by molar-refractivity contribution is 5.26. The van der Waals surface area contributed by atoms with Gasteiger partial charge in [-0.1, -0.05) is 31.0 Å². The molecule has 1 aromatic carbocycles. The second kappa shape index (κ2) is 6.92. The number of hydrogen-bond acceptors (Lipinski definition) is 3. The van der Waals surface area contributed by atoms with Crippen molar-refractivity contribution >= 4 is 0 Å².